The molecule has 1 aliphatic heterocycles. The minimum atomic E-state index is -0.202. The van der Waals surface area contributed by atoms with Gasteiger partial charge in [-0.2, -0.15) is 5.10 Å². The number of nitrogens with one attached hydrogen (secondary N) is 1. The van der Waals surface area contributed by atoms with Gasteiger partial charge in [-0.15, -0.1) is 0 Å². The van der Waals surface area contributed by atoms with Crippen molar-refractivity contribution in [2.75, 3.05) is 19.7 Å². The second kappa shape index (κ2) is 7.39. The average Bonchev–Trinajstić information content (AvgIpc) is 3.16. The monoisotopic (exact) mass is 395 g/mol. The van der Waals surface area contributed by atoms with E-state index in [2.05, 4.69) is 50.0 Å². The Bertz CT molecular complexity index is 1010. The molecule has 154 valence electrons. The molecular formula is C22H29N5O2. The molecule has 0 spiro atoms. The summed E-state index contributed by atoms with van der Waals surface area (Å²) in [4.78, 5) is 9.31. The smallest absolute Gasteiger partial charge is 0.223 e. The van der Waals surface area contributed by atoms with Crippen LogP contribution in [0.4, 0.5) is 0 Å². The number of rotatable bonds is 4. The number of nitrogens with zero attached hydrogens (tertiary/aromatic N) is 4. The van der Waals surface area contributed by atoms with E-state index in [1.807, 2.05) is 35.3 Å². The number of ether oxygens (including phenoxy) is 2. The maximum absolute atomic E-state index is 6.15. The van der Waals surface area contributed by atoms with Gasteiger partial charge in [-0.25, -0.2) is 4.98 Å². The minimum Gasteiger partial charge on any atom is -0.474 e. The molecule has 0 unspecified atom stereocenters. The third kappa shape index (κ3) is 4.41. The molecule has 0 aromatic carbocycles. The van der Waals surface area contributed by atoms with Crippen LogP contribution < -0.4 is 10.1 Å². The summed E-state index contributed by atoms with van der Waals surface area (Å²) in [7, 11) is 0. The Balaban J connectivity index is 1.63. The molecule has 4 heterocycles. The Kier molecular flexibility index (Phi) is 5.04. The van der Waals surface area contributed by atoms with Crippen molar-refractivity contribution >= 4 is 10.9 Å². The van der Waals surface area contributed by atoms with Crippen LogP contribution in [0.25, 0.3) is 22.2 Å². The predicted octanol–water partition coefficient (Wildman–Crippen LogP) is 3.39. The van der Waals surface area contributed by atoms with Crippen molar-refractivity contribution in [3.8, 4) is 17.1 Å². The number of hydrogen-bond acceptors (Lipinski definition) is 6. The van der Waals surface area contributed by atoms with E-state index in [0.717, 1.165) is 35.2 Å². The molecule has 0 radical (unpaired) electrons. The van der Waals surface area contributed by atoms with Gasteiger partial charge in [0, 0.05) is 31.0 Å². The summed E-state index contributed by atoms with van der Waals surface area (Å²) in [5.74, 6) is 0.570. The van der Waals surface area contributed by atoms with Crippen molar-refractivity contribution in [3.05, 3.63) is 36.8 Å². The Hall–Kier alpha value is -2.51. The number of pyridine rings is 2. The Morgan fingerprint density at radius 3 is 2.90 bits per heavy atom. The normalized spacial score (nSPS) is 19.4. The van der Waals surface area contributed by atoms with Crippen LogP contribution in [0.1, 0.15) is 34.6 Å². The highest BCUT2D eigenvalue weighted by molar-refractivity contribution is 5.86. The molecule has 1 saturated heterocycles. The van der Waals surface area contributed by atoms with E-state index in [0.29, 0.717) is 12.5 Å². The van der Waals surface area contributed by atoms with Gasteiger partial charge in [0.15, 0.2) is 0 Å². The van der Waals surface area contributed by atoms with Gasteiger partial charge in [0.25, 0.3) is 0 Å². The number of morpholine rings is 1. The van der Waals surface area contributed by atoms with Crippen molar-refractivity contribution in [2.24, 2.45) is 0 Å². The van der Waals surface area contributed by atoms with Gasteiger partial charge in [0.2, 0.25) is 5.88 Å². The van der Waals surface area contributed by atoms with E-state index in [1.54, 1.807) is 6.20 Å². The third-order valence-corrected chi connectivity index (χ3v) is 4.94. The van der Waals surface area contributed by atoms with Gasteiger partial charge in [-0.3, -0.25) is 9.67 Å². The molecule has 7 heteroatoms. The molecule has 1 fully saturated rings. The highest BCUT2D eigenvalue weighted by atomic mass is 16.6. The van der Waals surface area contributed by atoms with Crippen LogP contribution in [0.3, 0.4) is 0 Å². The van der Waals surface area contributed by atoms with E-state index in [-0.39, 0.29) is 17.2 Å². The fraction of sp³-hybridized carbons (Fsp3) is 0.500. The SMILES string of the molecule is CC1(C)CNC[C@@H](COc2nc(-c3cnn(C(C)(C)C)c3)cc3ncccc23)O1. The van der Waals surface area contributed by atoms with Crippen molar-refractivity contribution < 1.29 is 9.47 Å². The van der Waals surface area contributed by atoms with Crippen molar-refractivity contribution in [1.82, 2.24) is 25.1 Å². The fourth-order valence-electron chi connectivity index (χ4n) is 3.46. The highest BCUT2D eigenvalue weighted by Crippen LogP contribution is 2.29. The first-order valence-electron chi connectivity index (χ1n) is 10.0. The lowest BCUT2D eigenvalue weighted by Gasteiger charge is -2.36. The highest BCUT2D eigenvalue weighted by Gasteiger charge is 2.29. The first kappa shape index (κ1) is 19.8. The third-order valence-electron chi connectivity index (χ3n) is 4.94. The Morgan fingerprint density at radius 1 is 1.34 bits per heavy atom. The van der Waals surface area contributed by atoms with E-state index in [1.165, 1.54) is 0 Å². The second-order valence-corrected chi connectivity index (χ2v) is 9.17. The number of fused-ring (bicyclic) bond motifs is 1. The summed E-state index contributed by atoms with van der Waals surface area (Å²) in [6, 6.07) is 5.86. The van der Waals surface area contributed by atoms with Crippen LogP contribution in [-0.4, -0.2) is 51.1 Å². The molecule has 0 saturated carbocycles. The van der Waals surface area contributed by atoms with Crippen LogP contribution in [0.5, 0.6) is 5.88 Å². The maximum atomic E-state index is 6.15. The molecular weight excluding hydrogens is 366 g/mol. The first-order chi connectivity index (χ1) is 13.7. The molecule has 0 bridgehead atoms. The summed E-state index contributed by atoms with van der Waals surface area (Å²) in [6.45, 7) is 12.5. The Labute approximate surface area is 171 Å². The van der Waals surface area contributed by atoms with Crippen LogP contribution >= 0.6 is 0 Å². The van der Waals surface area contributed by atoms with E-state index in [4.69, 9.17) is 14.5 Å². The molecule has 1 N–H and O–H groups in total. The predicted molar refractivity (Wildman–Crippen MR) is 113 cm³/mol. The molecule has 29 heavy (non-hydrogen) atoms. The van der Waals surface area contributed by atoms with Crippen molar-refractivity contribution in [3.63, 3.8) is 0 Å². The topological polar surface area (TPSA) is 74.1 Å². The lowest BCUT2D eigenvalue weighted by Crippen LogP contribution is -2.52. The summed E-state index contributed by atoms with van der Waals surface area (Å²) in [6.07, 6.45) is 5.60. The standard InChI is InChI=1S/C22H29N5O2/c1-21(2,3)27-12-15(10-25-27)18-9-19-17(7-6-8-24-19)20(26-18)28-13-16-11-23-14-22(4,5)29-16/h6-10,12,16,23H,11,13-14H2,1-5H3/t16-/m0/s1. The van der Waals surface area contributed by atoms with Crippen molar-refractivity contribution in [2.45, 2.75) is 51.9 Å². The van der Waals surface area contributed by atoms with E-state index >= 15 is 0 Å². The summed E-state index contributed by atoms with van der Waals surface area (Å²) >= 11 is 0. The van der Waals surface area contributed by atoms with Gasteiger partial charge < -0.3 is 14.8 Å². The fourth-order valence-corrected chi connectivity index (χ4v) is 3.46. The number of aromatic nitrogens is 4. The van der Waals surface area contributed by atoms with Crippen molar-refractivity contribution in [1.29, 1.82) is 0 Å². The van der Waals surface area contributed by atoms with Crippen LogP contribution in [0, 0.1) is 0 Å². The largest absolute Gasteiger partial charge is 0.474 e. The van der Waals surface area contributed by atoms with Crippen LogP contribution in [0.2, 0.25) is 0 Å². The molecule has 3 aromatic heterocycles. The maximum Gasteiger partial charge on any atom is 0.223 e. The number of hydrogen-bond donors (Lipinski definition) is 1. The molecule has 4 rings (SSSR count). The zero-order chi connectivity index (χ0) is 20.6. The zero-order valence-electron chi connectivity index (χ0n) is 17.8. The summed E-state index contributed by atoms with van der Waals surface area (Å²) in [5, 5.41) is 8.79. The zero-order valence-corrected chi connectivity index (χ0v) is 17.8. The lowest BCUT2D eigenvalue weighted by molar-refractivity contribution is -0.107. The van der Waals surface area contributed by atoms with Gasteiger partial charge in [0.05, 0.1) is 33.9 Å². The molecule has 1 aliphatic rings. The summed E-state index contributed by atoms with van der Waals surface area (Å²) < 4.78 is 14.2. The van der Waals surface area contributed by atoms with Crippen LogP contribution in [-0.2, 0) is 10.3 Å². The van der Waals surface area contributed by atoms with Gasteiger partial charge >= 0.3 is 0 Å². The van der Waals surface area contributed by atoms with Gasteiger partial charge in [-0.1, -0.05) is 0 Å². The molecule has 1 atom stereocenters. The molecule has 7 nitrogen and oxygen atoms in total. The lowest BCUT2D eigenvalue weighted by atomic mass is 10.1. The molecule has 3 aromatic rings. The average molecular weight is 396 g/mol. The summed E-state index contributed by atoms with van der Waals surface area (Å²) in [5.41, 5.74) is 2.29. The van der Waals surface area contributed by atoms with Gasteiger partial charge in [-0.05, 0) is 52.8 Å². The first-order valence-corrected chi connectivity index (χ1v) is 10.0. The second-order valence-electron chi connectivity index (χ2n) is 9.17. The molecule has 0 amide bonds. The molecule has 0 aliphatic carbocycles. The minimum absolute atomic E-state index is 0.0282. The van der Waals surface area contributed by atoms with E-state index < -0.39 is 0 Å². The van der Waals surface area contributed by atoms with Crippen LogP contribution in [0.15, 0.2) is 36.8 Å². The van der Waals surface area contributed by atoms with Gasteiger partial charge in [0.1, 0.15) is 12.7 Å². The quantitative estimate of drug-likeness (QED) is 0.730. The Morgan fingerprint density at radius 2 is 2.17 bits per heavy atom. The van der Waals surface area contributed by atoms with E-state index in [9.17, 15) is 0 Å².